The summed E-state index contributed by atoms with van der Waals surface area (Å²) in [5.41, 5.74) is 4.90. The van der Waals surface area contributed by atoms with Crippen molar-refractivity contribution in [1.82, 2.24) is 19.6 Å². The largest absolute Gasteiger partial charge is 0.481 e. The number of aryl methyl sites for hydroxylation is 1. The van der Waals surface area contributed by atoms with E-state index in [1.807, 2.05) is 53.9 Å². The molecule has 8 heteroatoms. The third-order valence-electron chi connectivity index (χ3n) is 6.30. The number of hydrogen-bond acceptors (Lipinski definition) is 6. The van der Waals surface area contributed by atoms with Gasteiger partial charge in [0.2, 0.25) is 0 Å². The van der Waals surface area contributed by atoms with E-state index in [9.17, 15) is 9.90 Å². The molecule has 2 aromatic carbocycles. The van der Waals surface area contributed by atoms with Gasteiger partial charge in [0.05, 0.1) is 27.8 Å². The first-order valence-corrected chi connectivity index (χ1v) is 12.2. The predicted molar refractivity (Wildman–Crippen MR) is 136 cm³/mol. The number of rotatable bonds is 5. The van der Waals surface area contributed by atoms with Crippen LogP contribution in [0.5, 0.6) is 0 Å². The fraction of sp³-hybridized carbons (Fsp3) is 0.231. The lowest BCUT2D eigenvalue weighted by Gasteiger charge is -2.19. The van der Waals surface area contributed by atoms with E-state index in [1.54, 1.807) is 0 Å². The Morgan fingerprint density at radius 2 is 1.85 bits per heavy atom. The second kappa shape index (κ2) is 8.22. The van der Waals surface area contributed by atoms with Gasteiger partial charge in [-0.15, -0.1) is 11.3 Å². The molecule has 1 aliphatic rings. The van der Waals surface area contributed by atoms with E-state index < -0.39 is 5.97 Å². The molecule has 6 rings (SSSR count). The van der Waals surface area contributed by atoms with Crippen molar-refractivity contribution in [2.24, 2.45) is 0 Å². The van der Waals surface area contributed by atoms with Crippen molar-refractivity contribution in [3.63, 3.8) is 0 Å². The van der Waals surface area contributed by atoms with Crippen molar-refractivity contribution in [2.45, 2.75) is 26.2 Å². The topological polar surface area (TPSA) is 83.6 Å². The summed E-state index contributed by atoms with van der Waals surface area (Å²) in [6.07, 6.45) is 4.11. The summed E-state index contributed by atoms with van der Waals surface area (Å²) in [7, 11) is 0. The van der Waals surface area contributed by atoms with Crippen molar-refractivity contribution in [3.8, 4) is 0 Å². The van der Waals surface area contributed by atoms with Crippen LogP contribution in [0.1, 0.15) is 35.5 Å². The molecule has 1 saturated heterocycles. The van der Waals surface area contributed by atoms with Crippen molar-refractivity contribution < 1.29 is 9.90 Å². The highest BCUT2D eigenvalue weighted by Crippen LogP contribution is 2.34. The van der Waals surface area contributed by atoms with Crippen LogP contribution in [0.4, 0.5) is 5.82 Å². The van der Waals surface area contributed by atoms with Crippen molar-refractivity contribution in [2.75, 3.05) is 18.0 Å². The molecule has 170 valence electrons. The lowest BCUT2D eigenvalue weighted by molar-refractivity contribution is -0.135. The zero-order valence-electron chi connectivity index (χ0n) is 18.7. The number of carboxylic acids is 1. The van der Waals surface area contributed by atoms with Gasteiger partial charge in [0.25, 0.3) is 0 Å². The molecule has 0 bridgehead atoms. The number of carboxylic acid groups (broad SMARTS) is 1. The van der Waals surface area contributed by atoms with Crippen molar-refractivity contribution in [3.05, 3.63) is 64.8 Å². The fourth-order valence-electron chi connectivity index (χ4n) is 4.68. The van der Waals surface area contributed by atoms with E-state index in [2.05, 4.69) is 17.0 Å². The van der Waals surface area contributed by atoms with Crippen LogP contribution in [0.15, 0.2) is 48.5 Å². The fourth-order valence-corrected chi connectivity index (χ4v) is 5.66. The normalized spacial score (nSPS) is 14.6. The third-order valence-corrected chi connectivity index (χ3v) is 7.41. The quantitative estimate of drug-likeness (QED) is 0.370. The maximum atomic E-state index is 11.8. The molecule has 0 aliphatic carbocycles. The molecule has 0 saturated carbocycles. The Balaban J connectivity index is 1.59. The van der Waals surface area contributed by atoms with Gasteiger partial charge < -0.3 is 10.0 Å². The van der Waals surface area contributed by atoms with E-state index >= 15 is 0 Å². The van der Waals surface area contributed by atoms with Crippen LogP contribution >= 0.6 is 11.3 Å². The van der Waals surface area contributed by atoms with Gasteiger partial charge in [-0.1, -0.05) is 24.3 Å². The maximum absolute atomic E-state index is 11.8. The lowest BCUT2D eigenvalue weighted by Crippen LogP contribution is -2.20. The van der Waals surface area contributed by atoms with E-state index in [1.165, 1.54) is 11.3 Å². The Morgan fingerprint density at radius 1 is 1.09 bits per heavy atom. The lowest BCUT2D eigenvalue weighted by atomic mass is 10.1. The van der Waals surface area contributed by atoms with Crippen molar-refractivity contribution in [1.29, 1.82) is 0 Å². The SMILES string of the molecule is Cc1nn2c(nc(N3CCCC3)c3ccccc32)c1/C=C(/CC(=O)O)c1nc2ccccc2s1. The molecule has 5 aromatic rings. The molecule has 34 heavy (non-hydrogen) atoms. The average molecular weight is 470 g/mol. The molecule has 4 heterocycles. The van der Waals surface area contributed by atoms with E-state index in [0.29, 0.717) is 10.6 Å². The number of thiazole rings is 1. The molecule has 0 spiro atoms. The molecule has 1 fully saturated rings. The Hall–Kier alpha value is -3.78. The van der Waals surface area contributed by atoms with Gasteiger partial charge >= 0.3 is 5.97 Å². The minimum absolute atomic E-state index is 0.122. The van der Waals surface area contributed by atoms with Crippen LogP contribution < -0.4 is 4.90 Å². The smallest absolute Gasteiger partial charge is 0.307 e. The van der Waals surface area contributed by atoms with Crippen molar-refractivity contribution >= 4 is 61.5 Å². The summed E-state index contributed by atoms with van der Waals surface area (Å²) in [5, 5.41) is 16.2. The minimum Gasteiger partial charge on any atom is -0.481 e. The van der Waals surface area contributed by atoms with Gasteiger partial charge in [-0.2, -0.15) is 5.10 Å². The highest BCUT2D eigenvalue weighted by molar-refractivity contribution is 7.19. The van der Waals surface area contributed by atoms with Gasteiger partial charge in [-0.25, -0.2) is 14.5 Å². The molecule has 1 N–H and O–H groups in total. The second-order valence-electron chi connectivity index (χ2n) is 8.61. The summed E-state index contributed by atoms with van der Waals surface area (Å²) in [4.78, 5) is 23.9. The van der Waals surface area contributed by atoms with Gasteiger partial charge in [-0.05, 0) is 55.7 Å². The molecular weight excluding hydrogens is 446 g/mol. The van der Waals surface area contributed by atoms with Crippen LogP contribution in [0.25, 0.3) is 38.4 Å². The maximum Gasteiger partial charge on any atom is 0.307 e. The second-order valence-corrected chi connectivity index (χ2v) is 9.64. The molecule has 0 amide bonds. The van der Waals surface area contributed by atoms with Crippen LogP contribution in [-0.2, 0) is 4.79 Å². The molecule has 3 aromatic heterocycles. The van der Waals surface area contributed by atoms with E-state index in [-0.39, 0.29) is 6.42 Å². The molecule has 1 aliphatic heterocycles. The first kappa shape index (κ1) is 20.8. The summed E-state index contributed by atoms with van der Waals surface area (Å²) < 4.78 is 2.91. The molecule has 0 atom stereocenters. The van der Waals surface area contributed by atoms with E-state index in [0.717, 1.165) is 69.8 Å². The number of aliphatic carboxylic acids is 1. The molecular formula is C26H23N5O2S. The first-order chi connectivity index (χ1) is 16.6. The zero-order chi connectivity index (χ0) is 23.2. The minimum atomic E-state index is -0.893. The summed E-state index contributed by atoms with van der Waals surface area (Å²) in [5.74, 6) is 0.0747. The highest BCUT2D eigenvalue weighted by Gasteiger charge is 2.22. The monoisotopic (exact) mass is 469 g/mol. The van der Waals surface area contributed by atoms with Crippen LogP contribution in [0.2, 0.25) is 0 Å². The number of anilines is 1. The van der Waals surface area contributed by atoms with E-state index in [4.69, 9.17) is 15.1 Å². The number of fused-ring (bicyclic) bond motifs is 4. The molecule has 0 unspecified atom stereocenters. The Morgan fingerprint density at radius 3 is 2.65 bits per heavy atom. The third kappa shape index (κ3) is 3.51. The Labute approximate surface area is 200 Å². The van der Waals surface area contributed by atoms with Gasteiger partial charge in [0.1, 0.15) is 10.8 Å². The highest BCUT2D eigenvalue weighted by atomic mass is 32.1. The summed E-state index contributed by atoms with van der Waals surface area (Å²) in [6.45, 7) is 3.92. The first-order valence-electron chi connectivity index (χ1n) is 11.4. The standard InChI is InChI=1S/C26H23N5O2S/c1-16-19(14-17(15-23(32)33)26-27-20-9-3-5-11-22(20)34-26)25-28-24(30-12-6-7-13-30)18-8-2-4-10-21(18)31(25)29-16/h2-5,8-11,14H,6-7,12-13,15H2,1H3,(H,32,33)/b17-14-. The molecule has 0 radical (unpaired) electrons. The predicted octanol–water partition coefficient (Wildman–Crippen LogP) is 5.42. The van der Waals surface area contributed by atoms with Crippen LogP contribution in [0, 0.1) is 6.92 Å². The van der Waals surface area contributed by atoms with Crippen LogP contribution in [0.3, 0.4) is 0 Å². The van der Waals surface area contributed by atoms with Crippen LogP contribution in [-0.4, -0.2) is 43.7 Å². The number of aromatic nitrogens is 4. The number of nitrogens with zero attached hydrogens (tertiary/aromatic N) is 5. The summed E-state index contributed by atoms with van der Waals surface area (Å²) >= 11 is 1.51. The molecule has 7 nitrogen and oxygen atoms in total. The van der Waals surface area contributed by atoms with Gasteiger partial charge in [0.15, 0.2) is 5.65 Å². The number of benzene rings is 2. The Bertz CT molecular complexity index is 1560. The summed E-state index contributed by atoms with van der Waals surface area (Å²) in [6, 6.07) is 16.1. The number of hydrogen-bond donors (Lipinski definition) is 1. The Kier molecular flexibility index (Phi) is 5.03. The number of para-hydroxylation sites is 2. The van der Waals surface area contributed by atoms with Gasteiger partial charge in [0, 0.05) is 24.0 Å². The van der Waals surface area contributed by atoms with Gasteiger partial charge in [-0.3, -0.25) is 4.79 Å². The zero-order valence-corrected chi connectivity index (χ0v) is 19.5. The average Bonchev–Trinajstić information content (AvgIpc) is 3.57. The number of carbonyl (C=O) groups is 1.